The number of amides is 1. The number of carbonyl (C=O) groups is 2. The lowest BCUT2D eigenvalue weighted by Gasteiger charge is -2.15. The molecule has 0 bridgehead atoms. The highest BCUT2D eigenvalue weighted by Gasteiger charge is 2.25. The van der Waals surface area contributed by atoms with Gasteiger partial charge < -0.3 is 15.2 Å². The molecule has 1 unspecified atom stereocenters. The number of methoxy groups -OCH3 is 1. The summed E-state index contributed by atoms with van der Waals surface area (Å²) in [6.45, 7) is 3.70. The molecule has 1 atom stereocenters. The molecular formula is C16H18N2O4S. The molecule has 2 aromatic rings. The molecule has 0 aliphatic carbocycles. The number of benzene rings is 1. The Labute approximate surface area is 138 Å². The van der Waals surface area contributed by atoms with Crippen molar-refractivity contribution in [2.75, 3.05) is 7.11 Å². The molecule has 122 valence electrons. The molecule has 7 heteroatoms. The number of rotatable bonds is 6. The van der Waals surface area contributed by atoms with Crippen molar-refractivity contribution in [3.63, 3.8) is 0 Å². The summed E-state index contributed by atoms with van der Waals surface area (Å²) >= 11 is 1.29. The summed E-state index contributed by atoms with van der Waals surface area (Å²) in [5, 5.41) is 12.8. The van der Waals surface area contributed by atoms with Gasteiger partial charge in [-0.1, -0.05) is 19.1 Å². The Bertz CT molecular complexity index is 709. The molecule has 0 fully saturated rings. The third-order valence-electron chi connectivity index (χ3n) is 3.32. The standard InChI is InChI=1S/C16H18N2O4S/c1-4-12-17-9(2)14(23-12)15(19)18-13(16(20)21)10-5-7-11(22-3)8-6-10/h5-8,13H,4H2,1-3H3,(H,18,19)(H,20,21). The van der Waals surface area contributed by atoms with Gasteiger partial charge >= 0.3 is 5.97 Å². The molecule has 0 spiro atoms. The fraction of sp³-hybridized carbons (Fsp3) is 0.312. The Morgan fingerprint density at radius 1 is 1.35 bits per heavy atom. The molecule has 1 amide bonds. The van der Waals surface area contributed by atoms with E-state index < -0.39 is 17.9 Å². The second kappa shape index (κ2) is 7.23. The van der Waals surface area contributed by atoms with Crippen LogP contribution in [0.4, 0.5) is 0 Å². The van der Waals surface area contributed by atoms with Gasteiger partial charge in [0.2, 0.25) is 0 Å². The number of thiazole rings is 1. The number of hydrogen-bond acceptors (Lipinski definition) is 5. The van der Waals surface area contributed by atoms with E-state index in [0.717, 1.165) is 11.4 Å². The molecule has 23 heavy (non-hydrogen) atoms. The predicted octanol–water partition coefficient (Wildman–Crippen LogP) is 2.58. The van der Waals surface area contributed by atoms with Gasteiger partial charge in [-0.25, -0.2) is 9.78 Å². The van der Waals surface area contributed by atoms with E-state index in [9.17, 15) is 14.7 Å². The van der Waals surface area contributed by atoms with Crippen LogP contribution in [0.5, 0.6) is 5.75 Å². The molecule has 6 nitrogen and oxygen atoms in total. The maximum absolute atomic E-state index is 12.4. The van der Waals surface area contributed by atoms with Crippen LogP contribution in [0.1, 0.15) is 38.9 Å². The van der Waals surface area contributed by atoms with E-state index in [1.54, 1.807) is 31.2 Å². The number of carboxylic acids is 1. The summed E-state index contributed by atoms with van der Waals surface area (Å²) in [7, 11) is 1.53. The van der Waals surface area contributed by atoms with Crippen molar-refractivity contribution < 1.29 is 19.4 Å². The second-order valence-corrected chi connectivity index (χ2v) is 5.98. The van der Waals surface area contributed by atoms with Crippen LogP contribution in [-0.2, 0) is 11.2 Å². The minimum Gasteiger partial charge on any atom is -0.497 e. The first-order valence-electron chi connectivity index (χ1n) is 7.10. The summed E-state index contributed by atoms with van der Waals surface area (Å²) in [6.07, 6.45) is 0.736. The quantitative estimate of drug-likeness (QED) is 0.847. The lowest BCUT2D eigenvalue weighted by Crippen LogP contribution is -2.33. The van der Waals surface area contributed by atoms with Crippen LogP contribution in [-0.4, -0.2) is 29.1 Å². The lowest BCUT2D eigenvalue weighted by atomic mass is 10.1. The Kier molecular flexibility index (Phi) is 5.33. The van der Waals surface area contributed by atoms with E-state index in [-0.39, 0.29) is 0 Å². The zero-order valence-corrected chi connectivity index (χ0v) is 13.9. The molecule has 0 aliphatic rings. The first kappa shape index (κ1) is 17.0. The SMILES string of the molecule is CCc1nc(C)c(C(=O)NC(C(=O)O)c2ccc(OC)cc2)s1. The highest BCUT2D eigenvalue weighted by molar-refractivity contribution is 7.13. The number of ether oxygens (including phenoxy) is 1. The Morgan fingerprint density at radius 3 is 2.48 bits per heavy atom. The van der Waals surface area contributed by atoms with Crippen molar-refractivity contribution in [1.82, 2.24) is 10.3 Å². The topological polar surface area (TPSA) is 88.5 Å². The van der Waals surface area contributed by atoms with Crippen LogP contribution in [0, 0.1) is 6.92 Å². The highest BCUT2D eigenvalue weighted by Crippen LogP contribution is 2.22. The number of aliphatic carboxylic acids is 1. The summed E-state index contributed by atoms with van der Waals surface area (Å²) in [4.78, 5) is 28.6. The van der Waals surface area contributed by atoms with Gasteiger partial charge in [-0.2, -0.15) is 0 Å². The van der Waals surface area contributed by atoms with E-state index in [0.29, 0.717) is 21.9 Å². The normalized spacial score (nSPS) is 11.8. The van der Waals surface area contributed by atoms with Crippen molar-refractivity contribution in [2.24, 2.45) is 0 Å². The van der Waals surface area contributed by atoms with Gasteiger partial charge in [0.15, 0.2) is 6.04 Å². The smallest absolute Gasteiger partial charge is 0.330 e. The van der Waals surface area contributed by atoms with Crippen molar-refractivity contribution in [1.29, 1.82) is 0 Å². The van der Waals surface area contributed by atoms with Gasteiger partial charge in [0.1, 0.15) is 10.6 Å². The first-order chi connectivity index (χ1) is 11.0. The zero-order valence-electron chi connectivity index (χ0n) is 13.1. The fourth-order valence-electron chi connectivity index (χ4n) is 2.09. The number of hydrogen-bond donors (Lipinski definition) is 2. The molecule has 2 N–H and O–H groups in total. The average molecular weight is 334 g/mol. The van der Waals surface area contributed by atoms with Crippen LogP contribution in [0.2, 0.25) is 0 Å². The summed E-state index contributed by atoms with van der Waals surface area (Å²) in [6, 6.07) is 5.43. The number of aryl methyl sites for hydroxylation is 2. The van der Waals surface area contributed by atoms with Crippen molar-refractivity contribution >= 4 is 23.2 Å². The number of aromatic nitrogens is 1. The molecule has 0 saturated heterocycles. The monoisotopic (exact) mass is 334 g/mol. The third kappa shape index (κ3) is 3.87. The first-order valence-corrected chi connectivity index (χ1v) is 7.91. The van der Waals surface area contributed by atoms with Crippen LogP contribution >= 0.6 is 11.3 Å². The summed E-state index contributed by atoms with van der Waals surface area (Å²) < 4.78 is 5.05. The Morgan fingerprint density at radius 2 is 2.00 bits per heavy atom. The van der Waals surface area contributed by atoms with Crippen LogP contribution in [0.25, 0.3) is 0 Å². The lowest BCUT2D eigenvalue weighted by molar-refractivity contribution is -0.139. The molecule has 1 aromatic heterocycles. The molecule has 1 aromatic carbocycles. The van der Waals surface area contributed by atoms with Gasteiger partial charge in [0.05, 0.1) is 17.8 Å². The van der Waals surface area contributed by atoms with E-state index in [2.05, 4.69) is 10.3 Å². The van der Waals surface area contributed by atoms with Gasteiger partial charge in [-0.3, -0.25) is 4.79 Å². The second-order valence-electron chi connectivity index (χ2n) is 4.89. The number of nitrogens with zero attached hydrogens (tertiary/aromatic N) is 1. The Hall–Kier alpha value is -2.41. The van der Waals surface area contributed by atoms with E-state index in [1.807, 2.05) is 6.92 Å². The van der Waals surface area contributed by atoms with Crippen LogP contribution in [0.3, 0.4) is 0 Å². The number of carbonyl (C=O) groups excluding carboxylic acids is 1. The maximum Gasteiger partial charge on any atom is 0.330 e. The van der Waals surface area contributed by atoms with Gasteiger partial charge in [0, 0.05) is 0 Å². The largest absolute Gasteiger partial charge is 0.497 e. The zero-order chi connectivity index (χ0) is 17.0. The average Bonchev–Trinajstić information content (AvgIpc) is 2.93. The maximum atomic E-state index is 12.4. The van der Waals surface area contributed by atoms with Crippen molar-refractivity contribution in [2.45, 2.75) is 26.3 Å². The van der Waals surface area contributed by atoms with Crippen molar-refractivity contribution in [3.05, 3.63) is 45.4 Å². The van der Waals surface area contributed by atoms with Gasteiger partial charge in [0.25, 0.3) is 5.91 Å². The van der Waals surface area contributed by atoms with E-state index in [1.165, 1.54) is 18.4 Å². The van der Waals surface area contributed by atoms with E-state index in [4.69, 9.17) is 4.74 Å². The molecule has 0 saturated carbocycles. The van der Waals surface area contributed by atoms with Crippen LogP contribution in [0.15, 0.2) is 24.3 Å². The Balaban J connectivity index is 2.22. The highest BCUT2D eigenvalue weighted by atomic mass is 32.1. The summed E-state index contributed by atoms with van der Waals surface area (Å²) in [5.41, 5.74) is 1.09. The van der Waals surface area contributed by atoms with Gasteiger partial charge in [-0.15, -0.1) is 11.3 Å². The predicted molar refractivity (Wildman–Crippen MR) is 87.1 cm³/mol. The number of nitrogens with one attached hydrogen (secondary N) is 1. The fourth-order valence-corrected chi connectivity index (χ4v) is 3.00. The van der Waals surface area contributed by atoms with E-state index >= 15 is 0 Å². The molecule has 1 heterocycles. The minimum absolute atomic E-state index is 0.428. The molecule has 0 aliphatic heterocycles. The summed E-state index contributed by atoms with van der Waals surface area (Å²) in [5.74, 6) is -0.931. The van der Waals surface area contributed by atoms with Crippen LogP contribution < -0.4 is 10.1 Å². The number of carboxylic acid groups (broad SMARTS) is 1. The van der Waals surface area contributed by atoms with Crippen molar-refractivity contribution in [3.8, 4) is 5.75 Å². The molecule has 2 rings (SSSR count). The minimum atomic E-state index is -1.13. The molecule has 0 radical (unpaired) electrons. The molecular weight excluding hydrogens is 316 g/mol. The third-order valence-corrected chi connectivity index (χ3v) is 4.62. The van der Waals surface area contributed by atoms with Gasteiger partial charge in [-0.05, 0) is 31.0 Å².